The van der Waals surface area contributed by atoms with Crippen LogP contribution in [0.5, 0.6) is 11.5 Å². The molecule has 1 amide bonds. The van der Waals surface area contributed by atoms with Gasteiger partial charge < -0.3 is 14.6 Å². The van der Waals surface area contributed by atoms with Crippen LogP contribution in [-0.4, -0.2) is 35.6 Å². The maximum Gasteiger partial charge on any atom is 0.241 e. The number of hydrogen-bond donors (Lipinski definition) is 1. The Hall–Kier alpha value is -3.12. The fourth-order valence-electron chi connectivity index (χ4n) is 4.61. The van der Waals surface area contributed by atoms with Gasteiger partial charge in [0, 0.05) is 11.3 Å². The molecule has 1 aliphatic heterocycles. The Morgan fingerprint density at radius 2 is 1.81 bits per heavy atom. The molecule has 0 aliphatic carbocycles. The molecule has 2 aromatic carbocycles. The summed E-state index contributed by atoms with van der Waals surface area (Å²) in [6, 6.07) is 10.0. The molecule has 1 aromatic heterocycles. The third kappa shape index (κ3) is 4.41. The molecular weight excluding hydrogens is 402 g/mol. The van der Waals surface area contributed by atoms with E-state index in [1.165, 1.54) is 0 Å². The van der Waals surface area contributed by atoms with Gasteiger partial charge in [-0.25, -0.2) is 0 Å². The summed E-state index contributed by atoms with van der Waals surface area (Å²) in [5.41, 5.74) is 6.73. The van der Waals surface area contributed by atoms with Crippen molar-refractivity contribution in [1.82, 2.24) is 10.1 Å². The van der Waals surface area contributed by atoms with Crippen molar-refractivity contribution in [3.63, 3.8) is 0 Å². The minimum absolute atomic E-state index is 0.0541. The van der Waals surface area contributed by atoms with Crippen LogP contribution < -0.4 is 10.1 Å². The summed E-state index contributed by atoms with van der Waals surface area (Å²) >= 11 is 0. The Morgan fingerprint density at radius 3 is 2.41 bits per heavy atom. The second-order valence-electron chi connectivity index (χ2n) is 8.90. The van der Waals surface area contributed by atoms with Crippen molar-refractivity contribution >= 4 is 11.6 Å². The lowest BCUT2D eigenvalue weighted by molar-refractivity contribution is -0.119. The van der Waals surface area contributed by atoms with Gasteiger partial charge in [-0.3, -0.25) is 9.69 Å². The largest absolute Gasteiger partial charge is 0.457 e. The van der Waals surface area contributed by atoms with E-state index in [0.717, 1.165) is 75.8 Å². The van der Waals surface area contributed by atoms with Crippen molar-refractivity contribution in [3.8, 4) is 22.6 Å². The summed E-state index contributed by atoms with van der Waals surface area (Å²) in [6.45, 7) is 10.9. The first-order valence-electron chi connectivity index (χ1n) is 11.1. The first kappa shape index (κ1) is 22.1. The normalized spacial score (nSPS) is 16.4. The highest BCUT2D eigenvalue weighted by atomic mass is 16.5. The highest BCUT2D eigenvalue weighted by Crippen LogP contribution is 2.36. The third-order valence-corrected chi connectivity index (χ3v) is 6.14. The Bertz CT molecular complexity index is 1120. The number of anilines is 1. The summed E-state index contributed by atoms with van der Waals surface area (Å²) in [4.78, 5) is 14.8. The van der Waals surface area contributed by atoms with Crippen LogP contribution in [0.1, 0.15) is 41.0 Å². The van der Waals surface area contributed by atoms with E-state index in [1.807, 2.05) is 65.9 Å². The van der Waals surface area contributed by atoms with E-state index >= 15 is 0 Å². The zero-order chi connectivity index (χ0) is 23.0. The number of carbonyl (C=O) groups is 1. The van der Waals surface area contributed by atoms with Crippen molar-refractivity contribution in [2.45, 2.75) is 53.5 Å². The summed E-state index contributed by atoms with van der Waals surface area (Å²) in [5, 5.41) is 7.16. The van der Waals surface area contributed by atoms with Crippen molar-refractivity contribution < 1.29 is 14.1 Å². The molecule has 0 spiro atoms. The molecule has 1 unspecified atom stereocenters. The van der Waals surface area contributed by atoms with Gasteiger partial charge in [0.1, 0.15) is 17.3 Å². The first-order valence-corrected chi connectivity index (χ1v) is 11.1. The van der Waals surface area contributed by atoms with Crippen molar-refractivity contribution in [2.75, 3.05) is 18.9 Å². The average Bonchev–Trinajstić information content (AvgIpc) is 3.29. The van der Waals surface area contributed by atoms with Gasteiger partial charge in [-0.1, -0.05) is 11.2 Å². The Kier molecular flexibility index (Phi) is 6.07. The molecule has 1 atom stereocenters. The molecule has 1 saturated heterocycles. The van der Waals surface area contributed by atoms with Gasteiger partial charge in [0.05, 0.1) is 11.7 Å². The first-order chi connectivity index (χ1) is 15.2. The number of nitrogens with zero attached hydrogens (tertiary/aromatic N) is 2. The van der Waals surface area contributed by atoms with Crippen LogP contribution in [0.2, 0.25) is 0 Å². The molecule has 1 fully saturated rings. The second-order valence-corrected chi connectivity index (χ2v) is 8.90. The molecule has 6 nitrogen and oxygen atoms in total. The van der Waals surface area contributed by atoms with Gasteiger partial charge >= 0.3 is 0 Å². The predicted molar refractivity (Wildman–Crippen MR) is 126 cm³/mol. The molecular formula is C26H31N3O3. The number of benzene rings is 2. The quantitative estimate of drug-likeness (QED) is 0.558. The van der Waals surface area contributed by atoms with E-state index < -0.39 is 0 Å². The number of likely N-dealkylation sites (N-methyl/N-ethyl adjacent to an activating group) is 1. The number of hydrogen-bond acceptors (Lipinski definition) is 5. The summed E-state index contributed by atoms with van der Waals surface area (Å²) in [6.07, 6.45) is 1.97. The number of likely N-dealkylation sites (tertiary alicyclic amines) is 1. The van der Waals surface area contributed by atoms with Gasteiger partial charge in [-0.05, 0) is 108 Å². The molecule has 2 heterocycles. The molecule has 3 aromatic rings. The highest BCUT2D eigenvalue weighted by molar-refractivity contribution is 5.95. The lowest BCUT2D eigenvalue weighted by Gasteiger charge is -2.20. The molecule has 1 N–H and O–H groups in total. The van der Waals surface area contributed by atoms with E-state index in [1.54, 1.807) is 0 Å². The van der Waals surface area contributed by atoms with Crippen LogP contribution in [0, 0.1) is 34.6 Å². The predicted octanol–water partition coefficient (Wildman–Crippen LogP) is 5.71. The zero-order valence-corrected chi connectivity index (χ0v) is 19.7. The maximum atomic E-state index is 12.7. The second kappa shape index (κ2) is 8.79. The van der Waals surface area contributed by atoms with E-state index in [0.29, 0.717) is 0 Å². The molecule has 4 rings (SSSR count). The van der Waals surface area contributed by atoms with Crippen molar-refractivity contribution in [3.05, 3.63) is 58.5 Å². The maximum absolute atomic E-state index is 12.7. The summed E-state index contributed by atoms with van der Waals surface area (Å²) < 4.78 is 11.7. The van der Waals surface area contributed by atoms with Crippen LogP contribution in [0.25, 0.3) is 11.1 Å². The molecule has 0 radical (unpaired) electrons. The minimum atomic E-state index is -0.0541. The fourth-order valence-corrected chi connectivity index (χ4v) is 4.61. The van der Waals surface area contributed by atoms with Gasteiger partial charge in [-0.2, -0.15) is 0 Å². The van der Waals surface area contributed by atoms with Crippen LogP contribution in [0.3, 0.4) is 0 Å². The molecule has 0 saturated carbocycles. The Balaban J connectivity index is 1.58. The smallest absolute Gasteiger partial charge is 0.241 e. The topological polar surface area (TPSA) is 67.6 Å². The molecule has 0 bridgehead atoms. The van der Waals surface area contributed by atoms with Gasteiger partial charge in [-0.15, -0.1) is 0 Å². The number of ether oxygens (including phenoxy) is 1. The van der Waals surface area contributed by atoms with Gasteiger partial charge in [0.2, 0.25) is 5.91 Å². The molecule has 32 heavy (non-hydrogen) atoms. The van der Waals surface area contributed by atoms with Crippen LogP contribution in [0.15, 0.2) is 34.9 Å². The Labute approximate surface area is 189 Å². The van der Waals surface area contributed by atoms with Crippen molar-refractivity contribution in [1.29, 1.82) is 0 Å². The lowest BCUT2D eigenvalue weighted by Crippen LogP contribution is -2.37. The number of amides is 1. The number of rotatable bonds is 5. The van der Waals surface area contributed by atoms with E-state index in [-0.39, 0.29) is 11.9 Å². The summed E-state index contributed by atoms with van der Waals surface area (Å²) in [5.74, 6) is 2.41. The lowest BCUT2D eigenvalue weighted by atomic mass is 10.0. The van der Waals surface area contributed by atoms with Crippen molar-refractivity contribution in [2.24, 2.45) is 0 Å². The highest BCUT2D eigenvalue weighted by Gasteiger charge is 2.27. The monoisotopic (exact) mass is 433 g/mol. The SMILES string of the molecule is Cc1cc(Oc2c(C)cc(NC(=O)C3CCCN3C)cc2C)cc(-c2c(C)noc2C)c1. The van der Waals surface area contributed by atoms with Crippen LogP contribution in [0.4, 0.5) is 5.69 Å². The third-order valence-electron chi connectivity index (χ3n) is 6.14. The average molecular weight is 434 g/mol. The number of aromatic nitrogens is 1. The van der Waals surface area contributed by atoms with E-state index in [9.17, 15) is 4.79 Å². The number of carbonyl (C=O) groups excluding carboxylic acids is 1. The van der Waals surface area contributed by atoms with E-state index in [4.69, 9.17) is 9.26 Å². The van der Waals surface area contributed by atoms with Crippen LogP contribution >= 0.6 is 0 Å². The van der Waals surface area contributed by atoms with Crippen LogP contribution in [-0.2, 0) is 4.79 Å². The standard InChI is InChI=1S/C26H31N3O3/c1-15-10-20(24-18(4)28-32-19(24)5)14-22(11-15)31-25-16(2)12-21(13-17(25)3)27-26(30)23-8-7-9-29(23)6/h10-14,23H,7-9H2,1-6H3,(H,27,30). The molecule has 6 heteroatoms. The fraction of sp³-hybridized carbons (Fsp3) is 0.385. The zero-order valence-electron chi connectivity index (χ0n) is 19.7. The number of aryl methyl sites for hydroxylation is 5. The van der Waals surface area contributed by atoms with Gasteiger partial charge in [0.25, 0.3) is 0 Å². The van der Waals surface area contributed by atoms with Gasteiger partial charge in [0.15, 0.2) is 0 Å². The summed E-state index contributed by atoms with van der Waals surface area (Å²) in [7, 11) is 2.00. The van der Waals surface area contributed by atoms with E-state index in [2.05, 4.69) is 21.4 Å². The number of nitrogens with one attached hydrogen (secondary N) is 1. The minimum Gasteiger partial charge on any atom is -0.457 e. The Morgan fingerprint density at radius 1 is 1.09 bits per heavy atom. The molecule has 168 valence electrons. The molecule has 1 aliphatic rings.